The summed E-state index contributed by atoms with van der Waals surface area (Å²) in [4.78, 5) is 39.5. The number of urea groups is 1. The summed E-state index contributed by atoms with van der Waals surface area (Å²) in [5.41, 5.74) is 0.476. The van der Waals surface area contributed by atoms with Gasteiger partial charge in [0.25, 0.3) is 0 Å². The maximum atomic E-state index is 13.8. The molecule has 0 spiro atoms. The fraction of sp³-hybridized carbons (Fsp3) is 0.743. The number of hydrogen-bond donors (Lipinski definition) is 4. The average molecular weight is 625 g/mol. The van der Waals surface area contributed by atoms with Gasteiger partial charge >= 0.3 is 13.1 Å². The normalized spacial score (nSPS) is 25.9. The highest BCUT2D eigenvalue weighted by Crippen LogP contribution is 2.65. The molecule has 2 bridgehead atoms. The summed E-state index contributed by atoms with van der Waals surface area (Å²) >= 11 is 0. The van der Waals surface area contributed by atoms with Crippen molar-refractivity contribution in [2.45, 2.75) is 136 Å². The number of amides is 4. The van der Waals surface area contributed by atoms with Gasteiger partial charge in [0.2, 0.25) is 11.8 Å². The van der Waals surface area contributed by atoms with Gasteiger partial charge in [-0.25, -0.2) is 4.79 Å². The number of unbranched alkanes of at least 4 members (excludes halogenated alkanes) is 6. The van der Waals surface area contributed by atoms with Gasteiger partial charge in [-0.15, -0.1) is 0 Å². The number of para-hydroxylation sites is 1. The van der Waals surface area contributed by atoms with Crippen molar-refractivity contribution in [3.8, 4) is 0 Å². The van der Waals surface area contributed by atoms with E-state index in [0.717, 1.165) is 32.1 Å². The minimum absolute atomic E-state index is 0.00617. The van der Waals surface area contributed by atoms with Gasteiger partial charge in [-0.05, 0) is 67.9 Å². The SMILES string of the molecule is CCCCCCCCCC(=O)N[C@@H](CNC(=O)Nc1ccccc1)C(=O)N[C@@H](CC(C)C)B1OC2C[C@@H]3C[C@@H](C3(C)C)[C@]2(C)O1. The summed E-state index contributed by atoms with van der Waals surface area (Å²) in [6, 6.07) is 7.72. The van der Waals surface area contributed by atoms with Crippen LogP contribution in [0.5, 0.6) is 0 Å². The van der Waals surface area contributed by atoms with Crippen LogP contribution in [-0.2, 0) is 18.9 Å². The van der Waals surface area contributed by atoms with E-state index < -0.39 is 19.2 Å². The molecule has 9 nitrogen and oxygen atoms in total. The minimum atomic E-state index is -0.941. The number of carbonyl (C=O) groups excluding carboxylic acids is 3. The van der Waals surface area contributed by atoms with Gasteiger partial charge in [-0.3, -0.25) is 9.59 Å². The molecule has 4 aliphatic rings. The Kier molecular flexibility index (Phi) is 12.4. The highest BCUT2D eigenvalue weighted by atomic mass is 16.7. The molecular weight excluding hydrogens is 567 g/mol. The molecule has 10 heteroatoms. The molecule has 4 N–H and O–H groups in total. The second-order valence-corrected chi connectivity index (χ2v) is 14.8. The first-order valence-electron chi connectivity index (χ1n) is 17.5. The molecule has 0 radical (unpaired) electrons. The third kappa shape index (κ3) is 9.03. The molecule has 1 saturated heterocycles. The number of benzene rings is 1. The maximum Gasteiger partial charge on any atom is 0.481 e. The lowest BCUT2D eigenvalue weighted by Gasteiger charge is -2.64. The number of anilines is 1. The van der Waals surface area contributed by atoms with Crippen LogP contribution in [0.25, 0.3) is 0 Å². The molecule has 5 rings (SSSR count). The van der Waals surface area contributed by atoms with Crippen LogP contribution in [0.1, 0.15) is 112 Å². The van der Waals surface area contributed by atoms with Crippen molar-refractivity contribution in [3.63, 3.8) is 0 Å². The molecule has 1 aromatic rings. The Hall–Kier alpha value is -2.59. The quantitative estimate of drug-likeness (QED) is 0.121. The summed E-state index contributed by atoms with van der Waals surface area (Å²) in [6.45, 7) is 13.2. The van der Waals surface area contributed by atoms with Crippen LogP contribution >= 0.6 is 0 Å². The summed E-state index contributed by atoms with van der Waals surface area (Å²) in [5, 5.41) is 11.6. The second-order valence-electron chi connectivity index (χ2n) is 14.8. The van der Waals surface area contributed by atoms with Gasteiger partial charge in [-0.1, -0.05) is 91.3 Å². The molecule has 4 amide bonds. The molecule has 4 fully saturated rings. The third-order valence-corrected chi connectivity index (χ3v) is 10.5. The smallest absolute Gasteiger partial charge is 0.404 e. The Labute approximate surface area is 271 Å². The van der Waals surface area contributed by atoms with E-state index >= 15 is 0 Å². The predicted octanol–water partition coefficient (Wildman–Crippen LogP) is 6.23. The standard InChI is InChI=1S/C35H57BN4O5/c1-7-8-9-10-11-12-16-19-31(41)39-27(23-37-33(43)38-26-17-14-13-15-18-26)32(42)40-30(20-24(2)3)36-44-29-22-25-21-28(34(25,4)5)35(29,6)45-36/h13-15,17-18,24-25,27-30H,7-12,16,19-23H2,1-6H3,(H,39,41)(H,40,42)(H2,37,38,43)/t25-,27-,28-,29?,30-,35-/m0/s1. The van der Waals surface area contributed by atoms with Gasteiger partial charge in [0, 0.05) is 18.7 Å². The molecular formula is C35H57BN4O5. The Morgan fingerprint density at radius 3 is 2.31 bits per heavy atom. The average Bonchev–Trinajstić information content (AvgIpc) is 3.36. The van der Waals surface area contributed by atoms with E-state index in [1.165, 1.54) is 25.7 Å². The van der Waals surface area contributed by atoms with Gasteiger partial charge in [0.15, 0.2) is 0 Å². The molecule has 1 aliphatic heterocycles. The molecule has 45 heavy (non-hydrogen) atoms. The first-order chi connectivity index (χ1) is 21.4. The number of carbonyl (C=O) groups is 3. The number of nitrogens with one attached hydrogen (secondary N) is 4. The monoisotopic (exact) mass is 624 g/mol. The maximum absolute atomic E-state index is 13.8. The zero-order valence-electron chi connectivity index (χ0n) is 28.5. The van der Waals surface area contributed by atoms with Crippen molar-refractivity contribution >= 4 is 30.7 Å². The van der Waals surface area contributed by atoms with Crippen molar-refractivity contribution in [1.29, 1.82) is 0 Å². The van der Waals surface area contributed by atoms with Crippen molar-refractivity contribution < 1.29 is 23.7 Å². The summed E-state index contributed by atoms with van der Waals surface area (Å²) in [7, 11) is -0.570. The van der Waals surface area contributed by atoms with Crippen LogP contribution in [0.3, 0.4) is 0 Å². The van der Waals surface area contributed by atoms with E-state index in [2.05, 4.69) is 62.8 Å². The summed E-state index contributed by atoms with van der Waals surface area (Å²) < 4.78 is 13.3. The molecule has 1 aromatic carbocycles. The lowest BCUT2D eigenvalue weighted by atomic mass is 9.43. The fourth-order valence-corrected chi connectivity index (χ4v) is 7.71. The first kappa shape index (κ1) is 35.3. The van der Waals surface area contributed by atoms with Gasteiger partial charge < -0.3 is 30.6 Å². The molecule has 6 atom stereocenters. The molecule has 0 aromatic heterocycles. The first-order valence-corrected chi connectivity index (χ1v) is 17.5. The second kappa shape index (κ2) is 15.8. The number of hydrogen-bond acceptors (Lipinski definition) is 5. The third-order valence-electron chi connectivity index (χ3n) is 10.5. The van der Waals surface area contributed by atoms with Crippen molar-refractivity contribution in [1.82, 2.24) is 16.0 Å². The van der Waals surface area contributed by atoms with E-state index in [-0.39, 0.29) is 47.3 Å². The lowest BCUT2D eigenvalue weighted by Crippen LogP contribution is -2.65. The Balaban J connectivity index is 1.38. The molecule has 1 heterocycles. The van der Waals surface area contributed by atoms with Crippen molar-refractivity contribution in [2.75, 3.05) is 11.9 Å². The summed E-state index contributed by atoms with van der Waals surface area (Å²) in [6.07, 6.45) is 10.9. The molecule has 1 unspecified atom stereocenters. The van der Waals surface area contributed by atoms with Crippen molar-refractivity contribution in [3.05, 3.63) is 30.3 Å². The van der Waals surface area contributed by atoms with Gasteiger partial charge in [0.1, 0.15) is 6.04 Å². The highest BCUT2D eigenvalue weighted by molar-refractivity contribution is 6.48. The molecule has 3 aliphatic carbocycles. The van der Waals surface area contributed by atoms with Crippen LogP contribution < -0.4 is 21.3 Å². The van der Waals surface area contributed by atoms with E-state index in [0.29, 0.717) is 30.4 Å². The molecule has 250 valence electrons. The predicted molar refractivity (Wildman–Crippen MR) is 180 cm³/mol. The largest absolute Gasteiger partial charge is 0.481 e. The highest BCUT2D eigenvalue weighted by Gasteiger charge is 2.68. The summed E-state index contributed by atoms with van der Waals surface area (Å²) in [5.74, 6) is 0.392. The minimum Gasteiger partial charge on any atom is -0.404 e. The molecule has 3 saturated carbocycles. The van der Waals surface area contributed by atoms with E-state index in [1.54, 1.807) is 12.1 Å². The van der Waals surface area contributed by atoms with E-state index in [1.807, 2.05) is 18.2 Å². The van der Waals surface area contributed by atoms with E-state index in [9.17, 15) is 14.4 Å². The van der Waals surface area contributed by atoms with Crippen LogP contribution in [0.2, 0.25) is 0 Å². The van der Waals surface area contributed by atoms with Crippen LogP contribution in [0.15, 0.2) is 30.3 Å². The van der Waals surface area contributed by atoms with Gasteiger partial charge in [-0.2, -0.15) is 0 Å². The Bertz CT molecular complexity index is 1130. The van der Waals surface area contributed by atoms with Crippen LogP contribution in [0.4, 0.5) is 10.5 Å². The lowest BCUT2D eigenvalue weighted by molar-refractivity contribution is -0.199. The fourth-order valence-electron chi connectivity index (χ4n) is 7.71. The topological polar surface area (TPSA) is 118 Å². The Morgan fingerprint density at radius 2 is 1.64 bits per heavy atom. The number of rotatable bonds is 17. The van der Waals surface area contributed by atoms with Crippen LogP contribution in [-0.4, -0.2) is 55.2 Å². The van der Waals surface area contributed by atoms with Crippen LogP contribution in [0, 0.1) is 23.2 Å². The Morgan fingerprint density at radius 1 is 0.956 bits per heavy atom. The zero-order valence-corrected chi connectivity index (χ0v) is 28.5. The van der Waals surface area contributed by atoms with Crippen molar-refractivity contribution in [2.24, 2.45) is 23.2 Å². The van der Waals surface area contributed by atoms with Gasteiger partial charge in [0.05, 0.1) is 17.6 Å². The van der Waals surface area contributed by atoms with E-state index in [4.69, 9.17) is 9.31 Å². The zero-order chi connectivity index (χ0) is 32.6.